The summed E-state index contributed by atoms with van der Waals surface area (Å²) in [6, 6.07) is 13.7. The lowest BCUT2D eigenvalue weighted by atomic mass is 10.0. The van der Waals surface area contributed by atoms with Gasteiger partial charge in [0.05, 0.1) is 12.2 Å². The monoisotopic (exact) mass is 399 g/mol. The van der Waals surface area contributed by atoms with Crippen LogP contribution in [0.3, 0.4) is 0 Å². The van der Waals surface area contributed by atoms with Crippen LogP contribution in [0.4, 0.5) is 5.69 Å². The Morgan fingerprint density at radius 2 is 1.68 bits per heavy atom. The molecule has 0 saturated carbocycles. The number of carbonyl (C=O) groups is 3. The van der Waals surface area contributed by atoms with Gasteiger partial charge in [0.2, 0.25) is 11.8 Å². The highest BCUT2D eigenvalue weighted by atomic mass is 35.5. The van der Waals surface area contributed by atoms with E-state index in [4.69, 9.17) is 11.6 Å². The highest BCUT2D eigenvalue weighted by Gasteiger charge is 2.21. The molecule has 0 bridgehead atoms. The molecule has 3 rings (SSSR count). The van der Waals surface area contributed by atoms with Gasteiger partial charge in [-0.2, -0.15) is 0 Å². The van der Waals surface area contributed by atoms with Crippen molar-refractivity contribution in [3.8, 4) is 0 Å². The summed E-state index contributed by atoms with van der Waals surface area (Å²) in [6.07, 6.45) is 0. The second kappa shape index (κ2) is 8.99. The summed E-state index contributed by atoms with van der Waals surface area (Å²) in [5.41, 5.74) is 1.32. The molecule has 6 nitrogen and oxygen atoms in total. The summed E-state index contributed by atoms with van der Waals surface area (Å²) in [4.78, 5) is 40.5. The second-order valence-electron chi connectivity index (χ2n) is 6.72. The maximum Gasteiger partial charge on any atom is 0.238 e. The first kappa shape index (κ1) is 20.0. The van der Waals surface area contributed by atoms with Crippen molar-refractivity contribution in [1.82, 2.24) is 9.80 Å². The molecule has 0 radical (unpaired) electrons. The lowest BCUT2D eigenvalue weighted by Crippen LogP contribution is -2.49. The van der Waals surface area contributed by atoms with Gasteiger partial charge in [-0.05, 0) is 18.2 Å². The van der Waals surface area contributed by atoms with Crippen LogP contribution in [0.15, 0.2) is 48.5 Å². The van der Waals surface area contributed by atoms with Gasteiger partial charge >= 0.3 is 0 Å². The molecule has 0 aromatic heterocycles. The summed E-state index contributed by atoms with van der Waals surface area (Å²) >= 11 is 6.07. The van der Waals surface area contributed by atoms with E-state index in [0.29, 0.717) is 48.0 Å². The number of benzene rings is 2. The van der Waals surface area contributed by atoms with Gasteiger partial charge in [0.15, 0.2) is 5.78 Å². The first-order valence-corrected chi connectivity index (χ1v) is 9.49. The quantitative estimate of drug-likeness (QED) is 0.785. The fourth-order valence-corrected chi connectivity index (χ4v) is 3.34. The number of nitrogens with one attached hydrogen (secondary N) is 1. The Kier molecular flexibility index (Phi) is 6.44. The first-order valence-electron chi connectivity index (χ1n) is 9.11. The van der Waals surface area contributed by atoms with Crippen LogP contribution in [0, 0.1) is 0 Å². The van der Waals surface area contributed by atoms with Gasteiger partial charge in [-0.25, -0.2) is 0 Å². The average molecular weight is 400 g/mol. The molecule has 146 valence electrons. The van der Waals surface area contributed by atoms with E-state index in [0.717, 1.165) is 0 Å². The van der Waals surface area contributed by atoms with Gasteiger partial charge in [-0.1, -0.05) is 41.9 Å². The van der Waals surface area contributed by atoms with Gasteiger partial charge in [-0.15, -0.1) is 0 Å². The predicted molar refractivity (Wildman–Crippen MR) is 109 cm³/mol. The average Bonchev–Trinajstić information content (AvgIpc) is 2.70. The smallest absolute Gasteiger partial charge is 0.238 e. The minimum absolute atomic E-state index is 0.0503. The Bertz CT molecular complexity index is 878. The molecule has 2 aromatic rings. The minimum atomic E-state index is -0.208. The van der Waals surface area contributed by atoms with E-state index in [1.54, 1.807) is 54.3 Å². The van der Waals surface area contributed by atoms with Crippen LogP contribution in [0.2, 0.25) is 5.02 Å². The van der Waals surface area contributed by atoms with E-state index in [1.807, 2.05) is 11.0 Å². The zero-order valence-corrected chi connectivity index (χ0v) is 16.4. The number of rotatable bonds is 5. The molecule has 1 fully saturated rings. The van der Waals surface area contributed by atoms with Crippen LogP contribution in [0.1, 0.15) is 22.8 Å². The second-order valence-corrected chi connectivity index (χ2v) is 7.15. The van der Waals surface area contributed by atoms with E-state index in [-0.39, 0.29) is 24.1 Å². The zero-order chi connectivity index (χ0) is 20.1. The van der Waals surface area contributed by atoms with Crippen molar-refractivity contribution in [3.63, 3.8) is 0 Å². The number of piperazine rings is 1. The van der Waals surface area contributed by atoms with Crippen molar-refractivity contribution < 1.29 is 14.4 Å². The molecule has 0 spiro atoms. The van der Waals surface area contributed by atoms with Crippen LogP contribution >= 0.6 is 11.6 Å². The number of anilines is 1. The van der Waals surface area contributed by atoms with Gasteiger partial charge in [0, 0.05) is 49.3 Å². The van der Waals surface area contributed by atoms with Gasteiger partial charge in [0.25, 0.3) is 0 Å². The molecule has 1 aliphatic heterocycles. The van der Waals surface area contributed by atoms with Crippen molar-refractivity contribution >= 4 is 34.9 Å². The number of carbonyl (C=O) groups excluding carboxylic acids is 3. The van der Waals surface area contributed by atoms with Gasteiger partial charge in [0.1, 0.15) is 0 Å². The number of nitrogens with zero attached hydrogens (tertiary/aromatic N) is 2. The first-order chi connectivity index (χ1) is 13.4. The lowest BCUT2D eigenvalue weighted by Gasteiger charge is -2.33. The van der Waals surface area contributed by atoms with E-state index < -0.39 is 0 Å². The van der Waals surface area contributed by atoms with Gasteiger partial charge < -0.3 is 10.2 Å². The fourth-order valence-electron chi connectivity index (χ4n) is 3.17. The molecule has 2 amide bonds. The van der Waals surface area contributed by atoms with Crippen molar-refractivity contribution in [1.29, 1.82) is 0 Å². The Hall–Kier alpha value is -2.70. The van der Waals surface area contributed by atoms with E-state index in [2.05, 4.69) is 5.32 Å². The lowest BCUT2D eigenvalue weighted by molar-refractivity contribution is -0.130. The predicted octanol–water partition coefficient (Wildman–Crippen LogP) is 2.67. The Morgan fingerprint density at radius 3 is 2.32 bits per heavy atom. The number of halogens is 1. The number of ketones is 1. The maximum atomic E-state index is 12.8. The van der Waals surface area contributed by atoms with Crippen molar-refractivity contribution in [2.24, 2.45) is 0 Å². The van der Waals surface area contributed by atoms with Crippen LogP contribution in [0.25, 0.3) is 0 Å². The molecule has 1 aliphatic rings. The summed E-state index contributed by atoms with van der Waals surface area (Å²) in [7, 11) is 0. The Morgan fingerprint density at radius 1 is 1.00 bits per heavy atom. The molecule has 0 aliphatic carbocycles. The summed E-state index contributed by atoms with van der Waals surface area (Å²) in [5.74, 6) is -0.358. The van der Waals surface area contributed by atoms with Crippen LogP contribution in [-0.4, -0.2) is 60.1 Å². The molecule has 1 saturated heterocycles. The molecule has 1 N–H and O–H groups in total. The maximum absolute atomic E-state index is 12.8. The largest absolute Gasteiger partial charge is 0.340 e. The molecule has 2 aromatic carbocycles. The van der Waals surface area contributed by atoms with Crippen molar-refractivity contribution in [3.05, 3.63) is 64.7 Å². The molecule has 1 heterocycles. The molecular weight excluding hydrogens is 378 g/mol. The normalized spacial score (nSPS) is 14.6. The topological polar surface area (TPSA) is 69.7 Å². The van der Waals surface area contributed by atoms with E-state index in [1.165, 1.54) is 0 Å². The SMILES string of the molecule is CC(=O)N1CCN(CC(=O)Nc2ccc(Cl)cc2C(=O)c2ccccc2)CC1. The van der Waals surface area contributed by atoms with Gasteiger partial charge in [-0.3, -0.25) is 19.3 Å². The summed E-state index contributed by atoms with van der Waals surface area (Å²) in [6.45, 7) is 4.26. The Balaban J connectivity index is 1.68. The third-order valence-corrected chi connectivity index (χ3v) is 4.96. The number of hydrogen-bond acceptors (Lipinski definition) is 4. The number of amides is 2. The van der Waals surface area contributed by atoms with E-state index in [9.17, 15) is 14.4 Å². The fraction of sp³-hybridized carbons (Fsp3) is 0.286. The summed E-state index contributed by atoms with van der Waals surface area (Å²) in [5, 5.41) is 3.26. The minimum Gasteiger partial charge on any atom is -0.340 e. The summed E-state index contributed by atoms with van der Waals surface area (Å²) < 4.78 is 0. The number of hydrogen-bond donors (Lipinski definition) is 1. The molecule has 0 atom stereocenters. The van der Waals surface area contributed by atoms with Crippen molar-refractivity contribution in [2.45, 2.75) is 6.92 Å². The van der Waals surface area contributed by atoms with E-state index >= 15 is 0 Å². The van der Waals surface area contributed by atoms with Crippen molar-refractivity contribution in [2.75, 3.05) is 38.0 Å². The molecule has 0 unspecified atom stereocenters. The molecule has 7 heteroatoms. The highest BCUT2D eigenvalue weighted by molar-refractivity contribution is 6.31. The molecular formula is C21H22ClN3O3. The third-order valence-electron chi connectivity index (χ3n) is 4.72. The third kappa shape index (κ3) is 4.97. The van der Waals surface area contributed by atoms with Crippen LogP contribution in [-0.2, 0) is 9.59 Å². The highest BCUT2D eigenvalue weighted by Crippen LogP contribution is 2.24. The Labute approximate surface area is 169 Å². The van der Waals surface area contributed by atoms with Crippen LogP contribution < -0.4 is 5.32 Å². The van der Waals surface area contributed by atoms with Crippen LogP contribution in [0.5, 0.6) is 0 Å². The zero-order valence-electron chi connectivity index (χ0n) is 15.7. The standard InChI is InChI=1S/C21H22ClN3O3/c1-15(26)25-11-9-24(10-12-25)14-20(27)23-19-8-7-17(22)13-18(19)21(28)16-5-3-2-4-6-16/h2-8,13H,9-12,14H2,1H3,(H,23,27). The molecule has 28 heavy (non-hydrogen) atoms.